The van der Waals surface area contributed by atoms with Gasteiger partial charge < -0.3 is 9.47 Å². The van der Waals surface area contributed by atoms with Crippen LogP contribution in [-0.4, -0.2) is 27.6 Å². The number of hydrogen-bond donors (Lipinski definition) is 0. The molecular formula is C16H8F6N4O2. The highest BCUT2D eigenvalue weighted by molar-refractivity contribution is 5.72. The molecule has 0 bridgehead atoms. The maximum absolute atomic E-state index is 13.0. The summed E-state index contributed by atoms with van der Waals surface area (Å²) in [4.78, 5) is 0. The average Bonchev–Trinajstić information content (AvgIpc) is 3.02. The SMILES string of the molecule is N#CCOc1cc(OC(F)(F)F)ccc1-c1ccc2nnc(C(F)(F)F)n2c1. The lowest BCUT2D eigenvalue weighted by Gasteiger charge is -2.14. The van der Waals surface area contributed by atoms with Gasteiger partial charge >= 0.3 is 12.5 Å². The second kappa shape index (κ2) is 6.91. The number of rotatable bonds is 4. The number of halogens is 6. The molecule has 6 nitrogen and oxygen atoms in total. The van der Waals surface area contributed by atoms with Crippen molar-refractivity contribution in [2.24, 2.45) is 0 Å². The van der Waals surface area contributed by atoms with Crippen molar-refractivity contribution in [1.29, 1.82) is 5.26 Å². The molecule has 12 heteroatoms. The largest absolute Gasteiger partial charge is 0.573 e. The fraction of sp³-hybridized carbons (Fsp3) is 0.188. The molecule has 0 atom stereocenters. The van der Waals surface area contributed by atoms with Crippen LogP contribution in [0.2, 0.25) is 0 Å². The quantitative estimate of drug-likeness (QED) is 0.612. The molecule has 1 aromatic carbocycles. The molecule has 28 heavy (non-hydrogen) atoms. The Morgan fingerprint density at radius 3 is 2.43 bits per heavy atom. The normalized spacial score (nSPS) is 12.0. The molecule has 2 heterocycles. The van der Waals surface area contributed by atoms with E-state index in [1.165, 1.54) is 18.2 Å². The van der Waals surface area contributed by atoms with Crippen LogP contribution in [0, 0.1) is 11.3 Å². The van der Waals surface area contributed by atoms with E-state index in [4.69, 9.17) is 10.00 Å². The minimum absolute atomic E-state index is 0.0763. The van der Waals surface area contributed by atoms with E-state index < -0.39 is 30.7 Å². The van der Waals surface area contributed by atoms with Crippen LogP contribution in [0.3, 0.4) is 0 Å². The minimum atomic E-state index is -4.95. The minimum Gasteiger partial charge on any atom is -0.478 e. The van der Waals surface area contributed by atoms with E-state index in [1.54, 1.807) is 6.07 Å². The highest BCUT2D eigenvalue weighted by atomic mass is 19.4. The standard InChI is InChI=1S/C16H8F6N4O2/c17-15(18,19)14-25-24-13-4-1-9(8-26(13)14)11-3-2-10(28-16(20,21)22)7-12(11)27-6-5-23/h1-4,7-8H,6H2. The molecular weight excluding hydrogens is 394 g/mol. The molecule has 0 radical (unpaired) electrons. The Hall–Kier alpha value is -3.49. The molecule has 0 saturated carbocycles. The number of pyridine rings is 1. The van der Waals surface area contributed by atoms with Crippen molar-refractivity contribution in [3.8, 4) is 28.7 Å². The molecule has 0 fully saturated rings. The average molecular weight is 402 g/mol. The van der Waals surface area contributed by atoms with Gasteiger partial charge in [0.1, 0.15) is 17.6 Å². The van der Waals surface area contributed by atoms with Crippen molar-refractivity contribution in [1.82, 2.24) is 14.6 Å². The Labute approximate surface area is 152 Å². The fourth-order valence-electron chi connectivity index (χ4n) is 2.41. The smallest absolute Gasteiger partial charge is 0.478 e. The number of benzene rings is 1. The summed E-state index contributed by atoms with van der Waals surface area (Å²) in [6.45, 7) is -0.495. The summed E-state index contributed by atoms with van der Waals surface area (Å²) in [6.07, 6.45) is -8.64. The first kappa shape index (κ1) is 19.3. The lowest BCUT2D eigenvalue weighted by molar-refractivity contribution is -0.274. The van der Waals surface area contributed by atoms with Gasteiger partial charge in [0.15, 0.2) is 12.3 Å². The van der Waals surface area contributed by atoms with E-state index in [-0.39, 0.29) is 22.5 Å². The lowest BCUT2D eigenvalue weighted by Crippen LogP contribution is -2.17. The van der Waals surface area contributed by atoms with Gasteiger partial charge in [-0.05, 0) is 24.3 Å². The van der Waals surface area contributed by atoms with E-state index in [9.17, 15) is 26.3 Å². The number of nitrogens with zero attached hydrogens (tertiary/aromatic N) is 4. The number of ether oxygens (including phenoxy) is 2. The van der Waals surface area contributed by atoms with Crippen molar-refractivity contribution in [3.05, 3.63) is 42.4 Å². The zero-order valence-corrected chi connectivity index (χ0v) is 13.5. The third-order valence-electron chi connectivity index (χ3n) is 3.45. The van der Waals surface area contributed by atoms with Gasteiger partial charge in [-0.2, -0.15) is 18.4 Å². The van der Waals surface area contributed by atoms with Crippen LogP contribution >= 0.6 is 0 Å². The van der Waals surface area contributed by atoms with Crippen LogP contribution in [0.1, 0.15) is 5.82 Å². The van der Waals surface area contributed by atoms with Crippen LogP contribution in [-0.2, 0) is 6.18 Å². The van der Waals surface area contributed by atoms with Gasteiger partial charge in [0.05, 0.1) is 0 Å². The molecule has 0 N–H and O–H groups in total. The van der Waals surface area contributed by atoms with Crippen LogP contribution < -0.4 is 9.47 Å². The number of aromatic nitrogens is 3. The van der Waals surface area contributed by atoms with Crippen molar-refractivity contribution in [2.45, 2.75) is 12.5 Å². The zero-order valence-electron chi connectivity index (χ0n) is 13.5. The van der Waals surface area contributed by atoms with E-state index in [0.717, 1.165) is 18.3 Å². The fourth-order valence-corrected chi connectivity index (χ4v) is 2.41. The second-order valence-corrected chi connectivity index (χ2v) is 5.32. The highest BCUT2D eigenvalue weighted by Gasteiger charge is 2.37. The summed E-state index contributed by atoms with van der Waals surface area (Å²) < 4.78 is 85.9. The van der Waals surface area contributed by atoms with Gasteiger partial charge in [-0.3, -0.25) is 4.40 Å². The van der Waals surface area contributed by atoms with Crippen molar-refractivity contribution in [3.63, 3.8) is 0 Å². The molecule has 3 rings (SSSR count). The summed E-state index contributed by atoms with van der Waals surface area (Å²) in [5.41, 5.74) is 0.241. The second-order valence-electron chi connectivity index (χ2n) is 5.32. The predicted octanol–water partition coefficient (Wildman–Crippen LogP) is 4.22. The topological polar surface area (TPSA) is 72.4 Å². The number of fused-ring (bicyclic) bond motifs is 1. The maximum atomic E-state index is 13.0. The van der Waals surface area contributed by atoms with Crippen LogP contribution in [0.4, 0.5) is 26.3 Å². The number of hydrogen-bond acceptors (Lipinski definition) is 5. The first-order chi connectivity index (χ1) is 13.1. The molecule has 2 aromatic heterocycles. The van der Waals surface area contributed by atoms with Crippen LogP contribution in [0.5, 0.6) is 11.5 Å². The molecule has 0 amide bonds. The van der Waals surface area contributed by atoms with E-state index in [2.05, 4.69) is 14.9 Å². The molecule has 146 valence electrons. The third kappa shape index (κ3) is 4.08. The van der Waals surface area contributed by atoms with E-state index in [1.807, 2.05) is 0 Å². The summed E-state index contributed by atoms with van der Waals surface area (Å²) in [5, 5.41) is 15.2. The highest BCUT2D eigenvalue weighted by Crippen LogP contribution is 2.36. The van der Waals surface area contributed by atoms with Crippen molar-refractivity contribution >= 4 is 5.65 Å². The maximum Gasteiger partial charge on any atom is 0.573 e. The Morgan fingerprint density at radius 2 is 1.79 bits per heavy atom. The van der Waals surface area contributed by atoms with Gasteiger partial charge in [0, 0.05) is 23.4 Å². The van der Waals surface area contributed by atoms with Gasteiger partial charge in [-0.1, -0.05) is 0 Å². The lowest BCUT2D eigenvalue weighted by atomic mass is 10.1. The van der Waals surface area contributed by atoms with E-state index >= 15 is 0 Å². The molecule has 0 aliphatic carbocycles. The number of nitriles is 1. The van der Waals surface area contributed by atoms with E-state index in [0.29, 0.717) is 4.40 Å². The first-order valence-corrected chi connectivity index (χ1v) is 7.40. The Morgan fingerprint density at radius 1 is 1.04 bits per heavy atom. The molecule has 0 unspecified atom stereocenters. The summed E-state index contributed by atoms with van der Waals surface area (Å²) in [6, 6.07) is 7.34. The Kier molecular flexibility index (Phi) is 4.76. The third-order valence-corrected chi connectivity index (χ3v) is 3.45. The van der Waals surface area contributed by atoms with Gasteiger partial charge in [-0.25, -0.2) is 0 Å². The zero-order chi connectivity index (χ0) is 20.5. The van der Waals surface area contributed by atoms with Gasteiger partial charge in [0.25, 0.3) is 0 Å². The molecule has 3 aromatic rings. The summed E-state index contributed by atoms with van der Waals surface area (Å²) in [5.74, 6) is -2.05. The Bertz CT molecular complexity index is 1050. The van der Waals surface area contributed by atoms with Crippen molar-refractivity contribution < 1.29 is 35.8 Å². The first-order valence-electron chi connectivity index (χ1n) is 7.40. The van der Waals surface area contributed by atoms with Gasteiger partial charge in [0.2, 0.25) is 5.82 Å². The Balaban J connectivity index is 2.10. The molecule has 0 spiro atoms. The molecule has 0 saturated heterocycles. The monoisotopic (exact) mass is 402 g/mol. The number of alkyl halides is 6. The van der Waals surface area contributed by atoms with Crippen molar-refractivity contribution in [2.75, 3.05) is 6.61 Å². The summed E-state index contributed by atoms with van der Waals surface area (Å²) >= 11 is 0. The van der Waals surface area contributed by atoms with Crippen LogP contribution in [0.25, 0.3) is 16.8 Å². The van der Waals surface area contributed by atoms with Gasteiger partial charge in [-0.15, -0.1) is 23.4 Å². The van der Waals surface area contributed by atoms with Crippen LogP contribution in [0.15, 0.2) is 36.5 Å². The predicted molar refractivity (Wildman–Crippen MR) is 81.2 cm³/mol. The molecule has 0 aliphatic heterocycles. The molecule has 0 aliphatic rings. The summed E-state index contributed by atoms with van der Waals surface area (Å²) in [7, 11) is 0.